The van der Waals surface area contributed by atoms with E-state index in [-0.39, 0.29) is 6.61 Å². The van der Waals surface area contributed by atoms with Crippen LogP contribution in [-0.2, 0) is 47.6 Å². The Bertz CT molecular complexity index is 686. The molecule has 0 spiro atoms. The van der Waals surface area contributed by atoms with Crippen LogP contribution >= 0.6 is 0 Å². The Morgan fingerprint density at radius 1 is 0.833 bits per heavy atom. The normalized spacial score (nSPS) is 23.5. The van der Waals surface area contributed by atoms with E-state index < -0.39 is 61.1 Å². The number of hydrogen-bond donors (Lipinski definition) is 1. The Balaban J connectivity index is 2.95. The van der Waals surface area contributed by atoms with Crippen LogP contribution in [0.2, 0.25) is 0 Å². The summed E-state index contributed by atoms with van der Waals surface area (Å²) in [7, 11) is 1.21. The van der Waals surface area contributed by atoms with Crippen LogP contribution in [0.15, 0.2) is 0 Å². The van der Waals surface area contributed by atoms with E-state index >= 15 is 0 Å². The van der Waals surface area contributed by atoms with Crippen molar-refractivity contribution in [2.24, 2.45) is 0 Å². The van der Waals surface area contributed by atoms with Gasteiger partial charge in [0.25, 0.3) is 0 Å². The van der Waals surface area contributed by atoms with Crippen molar-refractivity contribution in [3.8, 4) is 0 Å². The van der Waals surface area contributed by atoms with Gasteiger partial charge in [0.15, 0.2) is 12.4 Å². The number of ether oxygens (including phenoxy) is 6. The van der Waals surface area contributed by atoms with Crippen LogP contribution in [0.3, 0.4) is 0 Å². The minimum atomic E-state index is -1.09. The van der Waals surface area contributed by atoms with Crippen molar-refractivity contribution in [3.63, 3.8) is 0 Å². The number of unbranched alkanes of at least 4 members (excludes halogenated alkanes) is 7. The van der Waals surface area contributed by atoms with Gasteiger partial charge in [-0.25, -0.2) is 4.79 Å². The van der Waals surface area contributed by atoms with Crippen LogP contribution < -0.4 is 5.32 Å². The average molecular weight is 518 g/mol. The van der Waals surface area contributed by atoms with E-state index in [9.17, 15) is 19.2 Å². The standard InChI is InChI=1S/C25H43NO10/c1-6-7-8-9-10-11-12-13-14-32-25-22(26-17(2)27)24(34-16-21(30)31-5)23(35-19(4)29)20(36-25)15-33-18(3)28/h20,22-25H,6-16H2,1-5H3,(H,26,27)/t20-,22+,23+,24-,25-/m1/s1. The van der Waals surface area contributed by atoms with Crippen LogP contribution in [0.5, 0.6) is 0 Å². The van der Waals surface area contributed by atoms with Crippen molar-refractivity contribution in [1.82, 2.24) is 5.32 Å². The molecular formula is C25H43NO10. The minimum Gasteiger partial charge on any atom is -0.467 e. The number of carbonyl (C=O) groups excluding carboxylic acids is 4. The summed E-state index contributed by atoms with van der Waals surface area (Å²) in [6, 6.07) is -0.904. The Hall–Kier alpha value is -2.24. The van der Waals surface area contributed by atoms with Gasteiger partial charge < -0.3 is 33.7 Å². The lowest BCUT2D eigenvalue weighted by molar-refractivity contribution is -0.281. The molecule has 1 fully saturated rings. The lowest BCUT2D eigenvalue weighted by Gasteiger charge is -2.45. The molecule has 11 nitrogen and oxygen atoms in total. The van der Waals surface area contributed by atoms with Crippen molar-refractivity contribution in [3.05, 3.63) is 0 Å². The molecule has 1 amide bonds. The third kappa shape index (κ3) is 12.6. The summed E-state index contributed by atoms with van der Waals surface area (Å²) in [5.41, 5.74) is 0. The molecule has 0 bridgehead atoms. The molecule has 0 saturated carbocycles. The van der Waals surface area contributed by atoms with Gasteiger partial charge in [0.2, 0.25) is 5.91 Å². The summed E-state index contributed by atoms with van der Waals surface area (Å²) in [4.78, 5) is 47.1. The average Bonchev–Trinajstić information content (AvgIpc) is 2.81. The molecule has 1 rings (SSSR count). The van der Waals surface area contributed by atoms with E-state index in [1.165, 1.54) is 60.0 Å². The highest BCUT2D eigenvalue weighted by Crippen LogP contribution is 2.28. The fourth-order valence-corrected chi connectivity index (χ4v) is 3.96. The van der Waals surface area contributed by atoms with Crippen molar-refractivity contribution in [2.45, 2.75) is 110 Å². The smallest absolute Gasteiger partial charge is 0.331 e. The Morgan fingerprint density at radius 3 is 2.03 bits per heavy atom. The van der Waals surface area contributed by atoms with E-state index in [1.807, 2.05) is 0 Å². The highest BCUT2D eigenvalue weighted by molar-refractivity contribution is 5.73. The van der Waals surface area contributed by atoms with Crippen LogP contribution in [0.1, 0.15) is 79.1 Å². The van der Waals surface area contributed by atoms with E-state index in [1.54, 1.807) is 0 Å². The fourth-order valence-electron chi connectivity index (χ4n) is 3.96. The van der Waals surface area contributed by atoms with E-state index in [0.717, 1.165) is 19.3 Å². The number of carbonyl (C=O) groups is 4. The molecule has 0 aliphatic carbocycles. The number of nitrogens with one attached hydrogen (secondary N) is 1. The SMILES string of the molecule is CCCCCCCCCCO[C@@H]1O[C@H](COC(C)=O)[C@H](OC(C)=O)[C@H](OCC(=O)OC)[C@@H]1NC(C)=O. The van der Waals surface area contributed by atoms with Gasteiger partial charge >= 0.3 is 17.9 Å². The van der Waals surface area contributed by atoms with Crippen LogP contribution in [-0.4, -0.2) is 81.4 Å². The summed E-state index contributed by atoms with van der Waals surface area (Å²) in [5, 5.41) is 2.73. The molecule has 0 aromatic carbocycles. The molecule has 208 valence electrons. The molecule has 36 heavy (non-hydrogen) atoms. The summed E-state index contributed by atoms with van der Waals surface area (Å²) < 4.78 is 32.9. The van der Waals surface area contributed by atoms with E-state index in [2.05, 4.69) is 17.0 Å². The topological polar surface area (TPSA) is 136 Å². The van der Waals surface area contributed by atoms with E-state index in [0.29, 0.717) is 6.61 Å². The first-order chi connectivity index (χ1) is 17.2. The molecule has 1 N–H and O–H groups in total. The predicted octanol–water partition coefficient (Wildman–Crippen LogP) is 2.43. The molecule has 0 unspecified atom stereocenters. The molecule has 0 aromatic rings. The number of amides is 1. The number of esters is 3. The second kappa shape index (κ2) is 18.1. The maximum Gasteiger partial charge on any atom is 0.331 e. The lowest BCUT2D eigenvalue weighted by atomic mass is 9.96. The second-order valence-electron chi connectivity index (χ2n) is 8.84. The third-order valence-electron chi connectivity index (χ3n) is 5.67. The zero-order chi connectivity index (χ0) is 26.9. The van der Waals surface area contributed by atoms with Crippen LogP contribution in [0.4, 0.5) is 0 Å². The first-order valence-corrected chi connectivity index (χ1v) is 12.7. The zero-order valence-electron chi connectivity index (χ0n) is 22.2. The Morgan fingerprint density at radius 2 is 1.47 bits per heavy atom. The molecule has 1 aliphatic heterocycles. The fraction of sp³-hybridized carbons (Fsp3) is 0.840. The van der Waals surface area contributed by atoms with Gasteiger partial charge in [-0.15, -0.1) is 0 Å². The second-order valence-corrected chi connectivity index (χ2v) is 8.84. The van der Waals surface area contributed by atoms with Crippen LogP contribution in [0.25, 0.3) is 0 Å². The molecule has 0 aromatic heterocycles. The van der Waals surface area contributed by atoms with E-state index in [4.69, 9.17) is 23.7 Å². The Kier molecular flexibility index (Phi) is 16.0. The first kappa shape index (κ1) is 31.8. The highest BCUT2D eigenvalue weighted by atomic mass is 16.7. The van der Waals surface area contributed by atoms with Crippen LogP contribution in [0, 0.1) is 0 Å². The monoisotopic (exact) mass is 517 g/mol. The molecule has 1 saturated heterocycles. The Labute approximate surface area is 213 Å². The zero-order valence-corrected chi connectivity index (χ0v) is 22.2. The van der Waals surface area contributed by atoms with Crippen molar-refractivity contribution >= 4 is 23.8 Å². The summed E-state index contributed by atoms with van der Waals surface area (Å²) in [6.07, 6.45) is 4.93. The maximum absolute atomic E-state index is 12.0. The number of methoxy groups -OCH3 is 1. The molecule has 5 atom stereocenters. The molecular weight excluding hydrogens is 474 g/mol. The van der Waals surface area contributed by atoms with Crippen molar-refractivity contribution in [2.75, 3.05) is 26.9 Å². The number of rotatable bonds is 17. The van der Waals surface area contributed by atoms with Gasteiger partial charge in [-0.2, -0.15) is 0 Å². The largest absolute Gasteiger partial charge is 0.467 e. The van der Waals surface area contributed by atoms with Crippen molar-refractivity contribution in [1.29, 1.82) is 0 Å². The summed E-state index contributed by atoms with van der Waals surface area (Å²) in [5.74, 6) is -2.23. The predicted molar refractivity (Wildman–Crippen MR) is 129 cm³/mol. The lowest BCUT2D eigenvalue weighted by Crippen LogP contribution is -2.66. The van der Waals surface area contributed by atoms with Gasteiger partial charge in [0.05, 0.1) is 7.11 Å². The molecule has 1 heterocycles. The van der Waals surface area contributed by atoms with Gasteiger partial charge in [-0.05, 0) is 6.42 Å². The van der Waals surface area contributed by atoms with Gasteiger partial charge in [0, 0.05) is 27.4 Å². The minimum absolute atomic E-state index is 0.240. The number of hydrogen-bond acceptors (Lipinski definition) is 10. The quantitative estimate of drug-likeness (QED) is 0.174. The van der Waals surface area contributed by atoms with Gasteiger partial charge in [0.1, 0.15) is 31.5 Å². The maximum atomic E-state index is 12.0. The van der Waals surface area contributed by atoms with Gasteiger partial charge in [-0.3, -0.25) is 14.4 Å². The molecule has 0 radical (unpaired) electrons. The highest BCUT2D eigenvalue weighted by Gasteiger charge is 2.50. The molecule has 11 heteroatoms. The summed E-state index contributed by atoms with van der Waals surface area (Å²) in [6.45, 7) is 5.62. The van der Waals surface area contributed by atoms with Gasteiger partial charge in [-0.1, -0.05) is 51.9 Å². The summed E-state index contributed by atoms with van der Waals surface area (Å²) >= 11 is 0. The molecule has 1 aliphatic rings. The third-order valence-corrected chi connectivity index (χ3v) is 5.67. The first-order valence-electron chi connectivity index (χ1n) is 12.7. The van der Waals surface area contributed by atoms with Crippen molar-refractivity contribution < 1.29 is 47.6 Å².